The Hall–Kier alpha value is -1.62. The molecule has 0 aliphatic rings. The molecule has 1 aromatic carbocycles. The Morgan fingerprint density at radius 3 is 2.50 bits per heavy atom. The number of hydrogen-bond donors (Lipinski definition) is 1. The van der Waals surface area contributed by atoms with E-state index < -0.39 is 4.92 Å². The van der Waals surface area contributed by atoms with E-state index >= 15 is 0 Å². The number of rotatable bonds is 3. The Morgan fingerprint density at radius 2 is 2.00 bits per heavy atom. The van der Waals surface area contributed by atoms with Crippen LogP contribution < -0.4 is 5.43 Å². The monoisotopic (exact) mass is 195 g/mol. The van der Waals surface area contributed by atoms with Crippen molar-refractivity contribution in [2.45, 2.75) is 6.92 Å². The summed E-state index contributed by atoms with van der Waals surface area (Å²) in [6.45, 7) is 1.83. The number of hydrogen-bond acceptors (Lipinski definition) is 4. The number of hydrazine groups is 1. The molecule has 0 radical (unpaired) electrons. The van der Waals surface area contributed by atoms with Gasteiger partial charge in [-0.2, -0.15) is 0 Å². The molecule has 0 spiro atoms. The highest BCUT2D eigenvalue weighted by Crippen LogP contribution is 2.20. The third kappa shape index (κ3) is 2.70. The van der Waals surface area contributed by atoms with Crippen LogP contribution in [0.3, 0.4) is 0 Å². The molecular formula is C9H13N3O2. The summed E-state index contributed by atoms with van der Waals surface area (Å²) in [6, 6.07) is 4.90. The van der Waals surface area contributed by atoms with Gasteiger partial charge in [0, 0.05) is 26.2 Å². The highest BCUT2D eigenvalue weighted by Gasteiger charge is 2.07. The summed E-state index contributed by atoms with van der Waals surface area (Å²) in [5.74, 6) is 0. The zero-order chi connectivity index (χ0) is 10.7. The highest BCUT2D eigenvalue weighted by atomic mass is 16.6. The van der Waals surface area contributed by atoms with Crippen molar-refractivity contribution in [2.24, 2.45) is 0 Å². The van der Waals surface area contributed by atoms with E-state index in [4.69, 9.17) is 0 Å². The maximum atomic E-state index is 10.6. The average Bonchev–Trinajstić information content (AvgIpc) is 2.01. The molecule has 1 N–H and O–H groups in total. The molecule has 0 saturated heterocycles. The normalized spacial score (nSPS) is 10.3. The zero-order valence-corrected chi connectivity index (χ0v) is 8.44. The van der Waals surface area contributed by atoms with Crippen molar-refractivity contribution in [3.05, 3.63) is 33.9 Å². The number of benzene rings is 1. The molecule has 0 bridgehead atoms. The number of nitro benzene ring substituents is 1. The molecular weight excluding hydrogens is 182 g/mol. The van der Waals surface area contributed by atoms with E-state index in [-0.39, 0.29) is 5.69 Å². The first kappa shape index (κ1) is 10.5. The first-order valence-electron chi connectivity index (χ1n) is 4.19. The lowest BCUT2D eigenvalue weighted by atomic mass is 10.2. The molecule has 0 aromatic heterocycles. The Balaban J connectivity index is 3.01. The highest BCUT2D eigenvalue weighted by molar-refractivity contribution is 5.53. The Labute approximate surface area is 82.5 Å². The molecule has 0 heterocycles. The van der Waals surface area contributed by atoms with E-state index in [0.29, 0.717) is 0 Å². The van der Waals surface area contributed by atoms with Gasteiger partial charge < -0.3 is 5.43 Å². The van der Waals surface area contributed by atoms with Gasteiger partial charge >= 0.3 is 0 Å². The van der Waals surface area contributed by atoms with Gasteiger partial charge in [0.25, 0.3) is 5.69 Å². The summed E-state index contributed by atoms with van der Waals surface area (Å²) >= 11 is 0. The van der Waals surface area contributed by atoms with Crippen molar-refractivity contribution in [3.8, 4) is 0 Å². The van der Waals surface area contributed by atoms with Gasteiger partial charge in [0.1, 0.15) is 0 Å². The molecule has 0 fully saturated rings. The minimum atomic E-state index is -0.395. The van der Waals surface area contributed by atoms with Gasteiger partial charge in [0.05, 0.1) is 10.6 Å². The molecule has 0 unspecified atom stereocenters. The summed E-state index contributed by atoms with van der Waals surface area (Å²) in [6.07, 6.45) is 0. The molecule has 0 atom stereocenters. The number of aryl methyl sites for hydroxylation is 1. The molecule has 0 amide bonds. The van der Waals surface area contributed by atoms with E-state index in [9.17, 15) is 10.1 Å². The maximum absolute atomic E-state index is 10.6. The maximum Gasteiger partial charge on any atom is 0.271 e. The lowest BCUT2D eigenvalue weighted by Crippen LogP contribution is -2.19. The van der Waals surface area contributed by atoms with Crippen LogP contribution in [0.4, 0.5) is 11.4 Å². The lowest BCUT2D eigenvalue weighted by Gasteiger charge is -2.13. The third-order valence-corrected chi connectivity index (χ3v) is 1.63. The second-order valence-electron chi connectivity index (χ2n) is 3.32. The lowest BCUT2D eigenvalue weighted by molar-refractivity contribution is -0.384. The zero-order valence-electron chi connectivity index (χ0n) is 8.44. The summed E-state index contributed by atoms with van der Waals surface area (Å²) in [5, 5.41) is 12.3. The van der Waals surface area contributed by atoms with Gasteiger partial charge in [0.15, 0.2) is 0 Å². The first-order chi connectivity index (χ1) is 6.49. The summed E-state index contributed by atoms with van der Waals surface area (Å²) in [4.78, 5) is 10.2. The van der Waals surface area contributed by atoms with Gasteiger partial charge in [-0.1, -0.05) is 0 Å². The standard InChI is InChI=1S/C9H13N3O2/c1-7-4-8(10-11(2)3)6-9(5-7)12(13)14/h4-6,10H,1-3H3. The van der Waals surface area contributed by atoms with Gasteiger partial charge in [-0.3, -0.25) is 10.1 Å². The van der Waals surface area contributed by atoms with Crippen LogP contribution in [0.15, 0.2) is 18.2 Å². The van der Waals surface area contributed by atoms with Crippen LogP contribution in [0.5, 0.6) is 0 Å². The number of nitrogens with zero attached hydrogens (tertiary/aromatic N) is 2. The Kier molecular flexibility index (Phi) is 3.03. The van der Waals surface area contributed by atoms with Gasteiger partial charge in [0.2, 0.25) is 0 Å². The largest absolute Gasteiger partial charge is 0.319 e. The molecule has 5 heteroatoms. The topological polar surface area (TPSA) is 58.4 Å². The van der Waals surface area contributed by atoms with Crippen molar-refractivity contribution in [1.29, 1.82) is 0 Å². The van der Waals surface area contributed by atoms with E-state index in [1.807, 2.05) is 27.1 Å². The van der Waals surface area contributed by atoms with Crippen molar-refractivity contribution >= 4 is 11.4 Å². The number of anilines is 1. The van der Waals surface area contributed by atoms with Crippen LogP contribution in [0.25, 0.3) is 0 Å². The SMILES string of the molecule is Cc1cc(NN(C)C)cc([N+](=O)[O-])c1. The van der Waals surface area contributed by atoms with Gasteiger partial charge in [-0.05, 0) is 18.6 Å². The predicted molar refractivity (Wildman–Crippen MR) is 55.1 cm³/mol. The fourth-order valence-electron chi connectivity index (χ4n) is 1.19. The van der Waals surface area contributed by atoms with Crippen molar-refractivity contribution in [1.82, 2.24) is 5.01 Å². The first-order valence-corrected chi connectivity index (χ1v) is 4.19. The van der Waals surface area contributed by atoms with Crippen molar-refractivity contribution < 1.29 is 4.92 Å². The van der Waals surface area contributed by atoms with Crippen LogP contribution in [-0.2, 0) is 0 Å². The second-order valence-corrected chi connectivity index (χ2v) is 3.32. The number of nitrogens with one attached hydrogen (secondary N) is 1. The van der Waals surface area contributed by atoms with Crippen LogP contribution in [0.2, 0.25) is 0 Å². The summed E-state index contributed by atoms with van der Waals surface area (Å²) < 4.78 is 0. The smallest absolute Gasteiger partial charge is 0.271 e. The third-order valence-electron chi connectivity index (χ3n) is 1.63. The molecule has 14 heavy (non-hydrogen) atoms. The molecule has 0 aliphatic carbocycles. The van der Waals surface area contributed by atoms with E-state index in [1.54, 1.807) is 11.1 Å². The predicted octanol–water partition coefficient (Wildman–Crippen LogP) is 1.79. The van der Waals surface area contributed by atoms with Crippen molar-refractivity contribution in [2.75, 3.05) is 19.5 Å². The summed E-state index contributed by atoms with van der Waals surface area (Å²) in [5.41, 5.74) is 4.66. The minimum absolute atomic E-state index is 0.106. The van der Waals surface area contributed by atoms with Crippen LogP contribution in [-0.4, -0.2) is 24.0 Å². The van der Waals surface area contributed by atoms with Crippen LogP contribution in [0.1, 0.15) is 5.56 Å². The van der Waals surface area contributed by atoms with Crippen molar-refractivity contribution in [3.63, 3.8) is 0 Å². The fraction of sp³-hybridized carbons (Fsp3) is 0.333. The van der Waals surface area contributed by atoms with Crippen LogP contribution >= 0.6 is 0 Å². The van der Waals surface area contributed by atoms with E-state index in [0.717, 1.165) is 11.3 Å². The Bertz CT molecular complexity index is 350. The number of nitro groups is 1. The molecule has 0 saturated carbocycles. The molecule has 0 aliphatic heterocycles. The quantitative estimate of drug-likeness (QED) is 0.590. The average molecular weight is 195 g/mol. The van der Waals surface area contributed by atoms with Gasteiger partial charge in [-0.25, -0.2) is 5.01 Å². The fourth-order valence-corrected chi connectivity index (χ4v) is 1.19. The molecule has 5 nitrogen and oxygen atoms in total. The van der Waals surface area contributed by atoms with E-state index in [2.05, 4.69) is 5.43 Å². The van der Waals surface area contributed by atoms with Gasteiger partial charge in [-0.15, -0.1) is 0 Å². The molecule has 76 valence electrons. The second kappa shape index (κ2) is 4.06. The Morgan fingerprint density at radius 1 is 1.36 bits per heavy atom. The minimum Gasteiger partial charge on any atom is -0.319 e. The van der Waals surface area contributed by atoms with Crippen LogP contribution in [0, 0.1) is 17.0 Å². The number of non-ortho nitro benzene ring substituents is 1. The van der Waals surface area contributed by atoms with E-state index in [1.165, 1.54) is 6.07 Å². The summed E-state index contributed by atoms with van der Waals surface area (Å²) in [7, 11) is 3.66. The molecule has 1 rings (SSSR count). The molecule has 1 aromatic rings.